The van der Waals surface area contributed by atoms with E-state index in [1.807, 2.05) is 0 Å². The predicted molar refractivity (Wildman–Crippen MR) is 220 cm³/mol. The van der Waals surface area contributed by atoms with E-state index in [1.165, 1.54) is 24.3 Å². The second kappa shape index (κ2) is 24.0. The van der Waals surface area contributed by atoms with Crippen molar-refractivity contribution in [3.8, 4) is 5.75 Å². The molecule has 0 radical (unpaired) electrons. The number of halogens is 2. The number of carbonyl (C=O) groups is 8. The summed E-state index contributed by atoms with van der Waals surface area (Å²) in [6.45, 7) is -2.13. The van der Waals surface area contributed by atoms with Crippen LogP contribution in [0.1, 0.15) is 17.5 Å². The molecule has 2 heterocycles. The molecule has 21 nitrogen and oxygen atoms in total. The molecule has 2 fully saturated rings. The minimum atomic E-state index is -3.77. The molecule has 8 N–H and O–H groups in total. The van der Waals surface area contributed by atoms with Crippen LogP contribution < -0.4 is 16.0 Å². The third-order valence-electron chi connectivity index (χ3n) is 10.7. The van der Waals surface area contributed by atoms with Gasteiger partial charge in [-0.25, -0.2) is 0 Å². The number of aliphatic carboxylic acids is 4. The molecule has 2 aliphatic heterocycles. The van der Waals surface area contributed by atoms with Gasteiger partial charge in [0.15, 0.2) is 0 Å². The van der Waals surface area contributed by atoms with Crippen LogP contribution in [0, 0.1) is 5.92 Å². The number of amides is 4. The number of phenolic OH excluding ortho intramolecular Hbond substituents is 1. The molecule has 0 spiro atoms. The van der Waals surface area contributed by atoms with Crippen LogP contribution in [0.5, 0.6) is 5.75 Å². The first kappa shape index (κ1) is 50.3. The van der Waals surface area contributed by atoms with E-state index in [4.69, 9.17) is 0 Å². The van der Waals surface area contributed by atoms with Crippen molar-refractivity contribution in [2.24, 2.45) is 5.92 Å². The summed E-state index contributed by atoms with van der Waals surface area (Å²) in [6.07, 6.45) is -1.40. The summed E-state index contributed by atoms with van der Waals surface area (Å²) < 4.78 is 29.2. The molecule has 0 unspecified atom stereocenters. The number of alkyl halides is 2. The molecule has 0 aliphatic carbocycles. The highest BCUT2D eigenvalue weighted by atomic mass is 19.3. The lowest BCUT2D eigenvalue weighted by Gasteiger charge is -2.33. The summed E-state index contributed by atoms with van der Waals surface area (Å²) in [5, 5.41) is 55.2. The van der Waals surface area contributed by atoms with Crippen LogP contribution in [-0.4, -0.2) is 207 Å². The molecular formula is C41H54F2N8O13. The number of phenols is 1. The number of likely N-dealkylation sites (tertiary alicyclic amines) is 1. The van der Waals surface area contributed by atoms with Crippen LogP contribution in [0.25, 0.3) is 0 Å². The highest BCUT2D eigenvalue weighted by Crippen LogP contribution is 2.36. The Morgan fingerprint density at radius 2 is 1.05 bits per heavy atom. The van der Waals surface area contributed by atoms with Gasteiger partial charge in [0, 0.05) is 78.2 Å². The van der Waals surface area contributed by atoms with E-state index in [0.29, 0.717) is 11.1 Å². The van der Waals surface area contributed by atoms with Crippen LogP contribution >= 0.6 is 0 Å². The Morgan fingerprint density at radius 3 is 1.48 bits per heavy atom. The van der Waals surface area contributed by atoms with E-state index in [2.05, 4.69) is 16.0 Å². The van der Waals surface area contributed by atoms with Gasteiger partial charge in [-0.2, -0.15) is 8.78 Å². The van der Waals surface area contributed by atoms with Gasteiger partial charge in [-0.15, -0.1) is 0 Å². The molecule has 2 aromatic rings. The number of benzene rings is 2. The van der Waals surface area contributed by atoms with Gasteiger partial charge in [-0.3, -0.25) is 62.9 Å². The third kappa shape index (κ3) is 16.8. The van der Waals surface area contributed by atoms with Crippen LogP contribution in [0.2, 0.25) is 0 Å². The number of hydrogen-bond acceptors (Lipinski definition) is 13. The molecule has 23 heteroatoms. The summed E-state index contributed by atoms with van der Waals surface area (Å²) in [5.41, 5.74) is 1.04. The number of nitrogens with zero attached hydrogens (tertiary/aromatic N) is 5. The average Bonchev–Trinajstić information content (AvgIpc) is 3.56. The average molecular weight is 905 g/mol. The van der Waals surface area contributed by atoms with Crippen LogP contribution in [0.4, 0.5) is 8.78 Å². The quantitative estimate of drug-likeness (QED) is 0.0727. The molecule has 2 aliphatic rings. The molecule has 2 saturated heterocycles. The van der Waals surface area contributed by atoms with Crippen LogP contribution in [0.3, 0.4) is 0 Å². The summed E-state index contributed by atoms with van der Waals surface area (Å²) in [6, 6.07) is 7.53. The van der Waals surface area contributed by atoms with Crippen molar-refractivity contribution in [1.29, 1.82) is 0 Å². The largest absolute Gasteiger partial charge is 0.508 e. The number of aromatic hydroxyl groups is 1. The lowest BCUT2D eigenvalue weighted by Crippen LogP contribution is -2.57. The van der Waals surface area contributed by atoms with Crippen molar-refractivity contribution in [2.75, 3.05) is 91.6 Å². The highest BCUT2D eigenvalue weighted by Gasteiger charge is 2.51. The first-order chi connectivity index (χ1) is 30.3. The van der Waals surface area contributed by atoms with E-state index >= 15 is 0 Å². The zero-order valence-corrected chi connectivity index (χ0v) is 34.9. The molecule has 0 saturated carbocycles. The molecule has 4 amide bonds. The van der Waals surface area contributed by atoms with Crippen molar-refractivity contribution < 1.29 is 72.7 Å². The first-order valence-corrected chi connectivity index (χ1v) is 20.4. The van der Waals surface area contributed by atoms with Crippen molar-refractivity contribution in [2.45, 2.75) is 37.4 Å². The zero-order valence-electron chi connectivity index (χ0n) is 34.9. The topological polar surface area (TPSA) is 290 Å². The summed E-state index contributed by atoms with van der Waals surface area (Å²) in [4.78, 5) is 107. The fraction of sp³-hybridized carbons (Fsp3) is 0.512. The normalized spacial score (nSPS) is 19.0. The number of rotatable bonds is 19. The Morgan fingerprint density at radius 1 is 0.609 bits per heavy atom. The fourth-order valence-corrected chi connectivity index (χ4v) is 7.29. The van der Waals surface area contributed by atoms with E-state index < -0.39 is 91.1 Å². The Bertz CT molecular complexity index is 1930. The summed E-state index contributed by atoms with van der Waals surface area (Å²) in [5.74, 6) is -10.2. The van der Waals surface area contributed by atoms with Gasteiger partial charge < -0.3 is 41.5 Å². The lowest BCUT2D eigenvalue weighted by atomic mass is 10.0. The molecule has 0 bridgehead atoms. The van der Waals surface area contributed by atoms with Gasteiger partial charge in [-0.1, -0.05) is 42.5 Å². The van der Waals surface area contributed by atoms with Crippen LogP contribution in [-0.2, 0) is 51.2 Å². The van der Waals surface area contributed by atoms with Crippen molar-refractivity contribution in [3.05, 3.63) is 65.7 Å². The molecule has 64 heavy (non-hydrogen) atoms. The SMILES string of the molecule is O=C(O)CN1CCN(CC(=O)O)CCN(CC(=O)N[C@@H](Cc2ccc(O)cc2)C(=O)N[C@@H](Cc2ccccc2)C(=O)NCC(=O)N2C[C@@H](C(=O)O)CC2(F)F)CCN(CC(=O)O)CC1. The standard InChI is InChI=1S/C41H54F2N8O13/c42-41(43)20-29(40(63)64)22-51(41)34(54)21-44-38(61)31(18-27-4-2-1-3-5-27)46-39(62)32(19-28-6-8-30(52)9-7-28)45-33(53)23-47-10-12-48(24-35(55)56)14-16-50(26-37(59)60)17-15-49(13-11-47)25-36(57)58/h1-9,29,31-32,52H,10-26H2,(H,44,61)(H,45,53)(H,46,62)(H,55,56)(H,57,58)(H,59,60)(H,63,64)/t29-,31-,32-/m0/s1. The Balaban J connectivity index is 1.54. The van der Waals surface area contributed by atoms with Gasteiger partial charge in [0.1, 0.15) is 17.8 Å². The van der Waals surface area contributed by atoms with Crippen molar-refractivity contribution in [3.63, 3.8) is 0 Å². The lowest BCUT2D eigenvalue weighted by molar-refractivity contribution is -0.162. The van der Waals surface area contributed by atoms with Crippen molar-refractivity contribution in [1.82, 2.24) is 40.4 Å². The van der Waals surface area contributed by atoms with E-state index in [-0.39, 0.29) is 102 Å². The minimum Gasteiger partial charge on any atom is -0.508 e. The number of hydrogen-bond donors (Lipinski definition) is 8. The molecule has 4 rings (SSSR count). The van der Waals surface area contributed by atoms with Gasteiger partial charge in [0.25, 0.3) is 0 Å². The van der Waals surface area contributed by atoms with Crippen LogP contribution in [0.15, 0.2) is 54.6 Å². The third-order valence-corrected chi connectivity index (χ3v) is 10.7. The second-order valence-electron chi connectivity index (χ2n) is 15.7. The smallest absolute Gasteiger partial charge is 0.328 e. The molecule has 3 atom stereocenters. The van der Waals surface area contributed by atoms with Crippen molar-refractivity contribution >= 4 is 47.5 Å². The van der Waals surface area contributed by atoms with E-state index in [9.17, 15) is 72.7 Å². The Hall–Kier alpha value is -6.30. The Kier molecular flexibility index (Phi) is 18.8. The number of carboxylic acid groups (broad SMARTS) is 4. The van der Waals surface area contributed by atoms with Gasteiger partial charge in [0.05, 0.1) is 38.6 Å². The number of carboxylic acids is 4. The summed E-state index contributed by atoms with van der Waals surface area (Å²) in [7, 11) is 0. The maximum atomic E-state index is 14.6. The second-order valence-corrected chi connectivity index (χ2v) is 15.7. The summed E-state index contributed by atoms with van der Waals surface area (Å²) >= 11 is 0. The molecule has 0 aromatic heterocycles. The highest BCUT2D eigenvalue weighted by molar-refractivity contribution is 5.94. The monoisotopic (exact) mass is 904 g/mol. The molecule has 350 valence electrons. The minimum absolute atomic E-state index is 0.0770. The zero-order chi connectivity index (χ0) is 47.0. The Labute approximate surface area is 366 Å². The maximum absolute atomic E-state index is 14.6. The van der Waals surface area contributed by atoms with Gasteiger partial charge in [0.2, 0.25) is 23.6 Å². The van der Waals surface area contributed by atoms with E-state index in [1.54, 1.807) is 49.9 Å². The fourth-order valence-electron chi connectivity index (χ4n) is 7.29. The van der Waals surface area contributed by atoms with Gasteiger partial charge in [-0.05, 0) is 23.3 Å². The maximum Gasteiger partial charge on any atom is 0.328 e. The molecular weight excluding hydrogens is 850 g/mol. The first-order valence-electron chi connectivity index (χ1n) is 20.4. The number of carbonyl (C=O) groups excluding carboxylic acids is 4. The van der Waals surface area contributed by atoms with Gasteiger partial charge >= 0.3 is 29.9 Å². The van der Waals surface area contributed by atoms with E-state index in [0.717, 1.165) is 0 Å². The number of nitrogens with one attached hydrogen (secondary N) is 3. The predicted octanol–water partition coefficient (Wildman–Crippen LogP) is -1.74. The molecule has 2 aromatic carbocycles.